The molecule has 2 aliphatic rings. The van der Waals surface area contributed by atoms with Crippen molar-refractivity contribution in [2.45, 2.75) is 18.9 Å². The van der Waals surface area contributed by atoms with Crippen LogP contribution in [0.15, 0.2) is 11.8 Å². The van der Waals surface area contributed by atoms with E-state index >= 15 is 0 Å². The maximum Gasteiger partial charge on any atom is 0.0942 e. The first-order valence-electron chi connectivity index (χ1n) is 3.36. The third kappa shape index (κ3) is 0.597. The normalized spacial score (nSPS) is 47.7. The van der Waals surface area contributed by atoms with Crippen molar-refractivity contribution < 1.29 is 10.2 Å². The number of allylic oxidation sites excluding steroid dienone is 1. The van der Waals surface area contributed by atoms with Crippen molar-refractivity contribution in [3.05, 3.63) is 11.8 Å². The first kappa shape index (κ1) is 5.30. The molecular formula is C7H10O2. The quantitative estimate of drug-likeness (QED) is 0.504. The fourth-order valence-corrected chi connectivity index (χ4v) is 1.87. The van der Waals surface area contributed by atoms with Crippen LogP contribution in [0.4, 0.5) is 0 Å². The van der Waals surface area contributed by atoms with Gasteiger partial charge in [0.15, 0.2) is 0 Å². The molecule has 1 fully saturated rings. The van der Waals surface area contributed by atoms with Crippen LogP contribution in [0.1, 0.15) is 12.8 Å². The van der Waals surface area contributed by atoms with E-state index in [2.05, 4.69) is 0 Å². The summed E-state index contributed by atoms with van der Waals surface area (Å²) in [5.41, 5.74) is 0. The molecule has 2 nitrogen and oxygen atoms in total. The molecule has 2 bridgehead atoms. The second-order valence-electron chi connectivity index (χ2n) is 3.00. The first-order valence-corrected chi connectivity index (χ1v) is 3.36. The predicted octanol–water partition coefficient (Wildman–Crippen LogP) is 0.829. The molecule has 2 rings (SSSR count). The summed E-state index contributed by atoms with van der Waals surface area (Å²) in [4.78, 5) is 0. The Bertz CT molecular complexity index is 162. The van der Waals surface area contributed by atoms with Gasteiger partial charge in [0.05, 0.1) is 11.9 Å². The number of hydrogen-bond donors (Lipinski definition) is 2. The number of fused-ring (bicyclic) bond motifs is 2. The average molecular weight is 126 g/mol. The van der Waals surface area contributed by atoms with Gasteiger partial charge in [-0.05, 0) is 24.8 Å². The van der Waals surface area contributed by atoms with Gasteiger partial charge in [-0.25, -0.2) is 0 Å². The standard InChI is InChI=1S/C7H10O2/c8-6-2-4-1-5(6)7(9)3-4/h2,4-5,7-9H,1,3H2. The summed E-state index contributed by atoms with van der Waals surface area (Å²) in [5.74, 6) is 0.957. The Kier molecular flexibility index (Phi) is 0.887. The minimum absolute atomic E-state index is 0.0787. The fourth-order valence-electron chi connectivity index (χ4n) is 1.87. The fraction of sp³-hybridized carbons (Fsp3) is 0.714. The summed E-state index contributed by atoms with van der Waals surface area (Å²) in [6.07, 6.45) is 3.43. The lowest BCUT2D eigenvalue weighted by molar-refractivity contribution is 0.120. The summed E-state index contributed by atoms with van der Waals surface area (Å²) in [6, 6.07) is 0. The van der Waals surface area contributed by atoms with E-state index in [1.165, 1.54) is 0 Å². The summed E-state index contributed by atoms with van der Waals surface area (Å²) in [6.45, 7) is 0. The molecule has 0 heterocycles. The highest BCUT2D eigenvalue weighted by molar-refractivity contribution is 5.15. The lowest BCUT2D eigenvalue weighted by Gasteiger charge is -2.13. The van der Waals surface area contributed by atoms with Crippen LogP contribution < -0.4 is 0 Å². The van der Waals surface area contributed by atoms with Gasteiger partial charge in [-0.1, -0.05) is 0 Å². The van der Waals surface area contributed by atoms with Gasteiger partial charge >= 0.3 is 0 Å². The molecule has 2 heteroatoms. The molecule has 50 valence electrons. The summed E-state index contributed by atoms with van der Waals surface area (Å²) < 4.78 is 0. The van der Waals surface area contributed by atoms with E-state index in [0.717, 1.165) is 12.8 Å². The van der Waals surface area contributed by atoms with Crippen LogP contribution in [0, 0.1) is 11.8 Å². The highest BCUT2D eigenvalue weighted by Crippen LogP contribution is 2.42. The van der Waals surface area contributed by atoms with E-state index in [9.17, 15) is 5.11 Å². The molecule has 0 aromatic rings. The van der Waals surface area contributed by atoms with Gasteiger partial charge in [-0.3, -0.25) is 0 Å². The van der Waals surface area contributed by atoms with Gasteiger partial charge in [0.1, 0.15) is 0 Å². The molecule has 1 saturated carbocycles. The Morgan fingerprint density at radius 2 is 2.22 bits per heavy atom. The average Bonchev–Trinajstić information content (AvgIpc) is 2.22. The molecule has 0 aliphatic heterocycles. The lowest BCUT2D eigenvalue weighted by Crippen LogP contribution is -2.16. The monoisotopic (exact) mass is 126 g/mol. The van der Waals surface area contributed by atoms with Crippen LogP contribution in [0.5, 0.6) is 0 Å². The van der Waals surface area contributed by atoms with Gasteiger partial charge < -0.3 is 10.2 Å². The minimum atomic E-state index is -0.264. The van der Waals surface area contributed by atoms with Crippen molar-refractivity contribution in [2.75, 3.05) is 0 Å². The summed E-state index contributed by atoms with van der Waals surface area (Å²) in [7, 11) is 0. The zero-order valence-corrected chi connectivity index (χ0v) is 5.12. The number of aliphatic hydroxyl groups excluding tert-OH is 2. The highest BCUT2D eigenvalue weighted by Gasteiger charge is 2.39. The van der Waals surface area contributed by atoms with Gasteiger partial charge in [-0.2, -0.15) is 0 Å². The SMILES string of the molecule is OC1=CC2CC(O)C1C2. The second-order valence-corrected chi connectivity index (χ2v) is 3.00. The van der Waals surface area contributed by atoms with E-state index in [4.69, 9.17) is 5.11 Å². The molecule has 0 radical (unpaired) electrons. The largest absolute Gasteiger partial charge is 0.512 e. The van der Waals surface area contributed by atoms with Crippen molar-refractivity contribution >= 4 is 0 Å². The van der Waals surface area contributed by atoms with Crippen LogP contribution in [0.3, 0.4) is 0 Å². The smallest absolute Gasteiger partial charge is 0.0942 e. The third-order valence-electron chi connectivity index (χ3n) is 2.35. The van der Waals surface area contributed by atoms with Crippen LogP contribution in [0.2, 0.25) is 0 Å². The number of aliphatic hydroxyl groups is 2. The van der Waals surface area contributed by atoms with Crippen molar-refractivity contribution in [2.24, 2.45) is 11.8 Å². The molecule has 0 amide bonds. The number of hydrogen-bond acceptors (Lipinski definition) is 2. The van der Waals surface area contributed by atoms with Crippen molar-refractivity contribution in [1.82, 2.24) is 0 Å². The third-order valence-corrected chi connectivity index (χ3v) is 2.35. The zero-order valence-electron chi connectivity index (χ0n) is 5.12. The van der Waals surface area contributed by atoms with Crippen molar-refractivity contribution in [3.8, 4) is 0 Å². The molecule has 3 atom stereocenters. The topological polar surface area (TPSA) is 40.5 Å². The van der Waals surface area contributed by atoms with Crippen LogP contribution in [-0.4, -0.2) is 16.3 Å². The Morgan fingerprint density at radius 1 is 1.44 bits per heavy atom. The number of rotatable bonds is 0. The van der Waals surface area contributed by atoms with E-state index in [-0.39, 0.29) is 12.0 Å². The molecule has 3 unspecified atom stereocenters. The Labute approximate surface area is 53.8 Å². The Balaban J connectivity index is 2.27. The van der Waals surface area contributed by atoms with Crippen LogP contribution in [-0.2, 0) is 0 Å². The van der Waals surface area contributed by atoms with Gasteiger partial charge in [-0.15, -0.1) is 0 Å². The maximum absolute atomic E-state index is 9.19. The molecule has 2 aliphatic carbocycles. The summed E-state index contributed by atoms with van der Waals surface area (Å²) in [5, 5.41) is 18.3. The molecular weight excluding hydrogens is 116 g/mol. The Morgan fingerprint density at radius 3 is 2.56 bits per heavy atom. The summed E-state index contributed by atoms with van der Waals surface area (Å²) >= 11 is 0. The molecule has 0 aromatic carbocycles. The maximum atomic E-state index is 9.19. The lowest BCUT2D eigenvalue weighted by atomic mass is 10.0. The molecule has 0 aromatic heterocycles. The Hall–Kier alpha value is -0.500. The zero-order chi connectivity index (χ0) is 6.43. The molecule has 0 spiro atoms. The minimum Gasteiger partial charge on any atom is -0.512 e. The van der Waals surface area contributed by atoms with Crippen LogP contribution in [0.25, 0.3) is 0 Å². The highest BCUT2D eigenvalue weighted by atomic mass is 16.3. The van der Waals surface area contributed by atoms with Gasteiger partial charge in [0.2, 0.25) is 0 Å². The first-order chi connectivity index (χ1) is 4.27. The van der Waals surface area contributed by atoms with Gasteiger partial charge in [0, 0.05) is 5.92 Å². The van der Waals surface area contributed by atoms with E-state index in [1.807, 2.05) is 6.08 Å². The van der Waals surface area contributed by atoms with E-state index < -0.39 is 0 Å². The van der Waals surface area contributed by atoms with E-state index in [0.29, 0.717) is 11.7 Å². The van der Waals surface area contributed by atoms with Crippen molar-refractivity contribution in [3.63, 3.8) is 0 Å². The van der Waals surface area contributed by atoms with Crippen LogP contribution >= 0.6 is 0 Å². The molecule has 0 saturated heterocycles. The molecule has 9 heavy (non-hydrogen) atoms. The van der Waals surface area contributed by atoms with Gasteiger partial charge in [0.25, 0.3) is 0 Å². The van der Waals surface area contributed by atoms with E-state index in [1.54, 1.807) is 0 Å². The van der Waals surface area contributed by atoms with Crippen molar-refractivity contribution in [1.29, 1.82) is 0 Å². The second kappa shape index (κ2) is 1.51. The predicted molar refractivity (Wildman–Crippen MR) is 32.9 cm³/mol. The molecule has 2 N–H and O–H groups in total.